The van der Waals surface area contributed by atoms with E-state index >= 15 is 0 Å². The Balaban J connectivity index is 1.74. The van der Waals surface area contributed by atoms with E-state index in [1.807, 2.05) is 35.2 Å². The van der Waals surface area contributed by atoms with Gasteiger partial charge in [-0.25, -0.2) is 4.98 Å². The van der Waals surface area contributed by atoms with Crippen LogP contribution in [0.1, 0.15) is 52.8 Å². The maximum Gasteiger partial charge on any atom is 0.265 e. The van der Waals surface area contributed by atoms with Crippen molar-refractivity contribution in [1.82, 2.24) is 9.88 Å². The zero-order chi connectivity index (χ0) is 16.1. The molecule has 3 rings (SSSR count). The van der Waals surface area contributed by atoms with Gasteiger partial charge in [0.05, 0.1) is 6.20 Å². The van der Waals surface area contributed by atoms with Gasteiger partial charge in [-0.2, -0.15) is 0 Å². The molecule has 1 aliphatic heterocycles. The number of carbonyl (C=O) groups is 1. The molecule has 2 heterocycles. The zero-order valence-electron chi connectivity index (χ0n) is 13.3. The minimum Gasteiger partial charge on any atom is -0.335 e. The maximum atomic E-state index is 12.7. The van der Waals surface area contributed by atoms with Crippen LogP contribution in [0, 0.1) is 11.8 Å². The van der Waals surface area contributed by atoms with Crippen LogP contribution in [0.3, 0.4) is 0 Å². The Kier molecular flexibility index (Phi) is 5.09. The molecule has 2 aromatic rings. The van der Waals surface area contributed by atoms with Gasteiger partial charge >= 0.3 is 0 Å². The summed E-state index contributed by atoms with van der Waals surface area (Å²) in [4.78, 5) is 19.7. The van der Waals surface area contributed by atoms with E-state index in [0.29, 0.717) is 15.9 Å². The fourth-order valence-corrected chi connectivity index (χ4v) is 3.64. The van der Waals surface area contributed by atoms with Crippen molar-refractivity contribution in [2.24, 2.45) is 0 Å². The third kappa shape index (κ3) is 3.80. The monoisotopic (exact) mass is 324 g/mol. The van der Waals surface area contributed by atoms with E-state index in [2.05, 4.69) is 23.7 Å². The molecule has 0 N–H and O–H groups in total. The van der Waals surface area contributed by atoms with Crippen LogP contribution < -0.4 is 0 Å². The number of likely N-dealkylation sites (tertiary alicyclic amines) is 1. The summed E-state index contributed by atoms with van der Waals surface area (Å²) in [5, 5.41) is 0.697. The van der Waals surface area contributed by atoms with Gasteiger partial charge < -0.3 is 4.90 Å². The van der Waals surface area contributed by atoms with Crippen LogP contribution in [-0.4, -0.2) is 28.4 Å². The van der Waals surface area contributed by atoms with Gasteiger partial charge in [-0.1, -0.05) is 31.0 Å². The lowest BCUT2D eigenvalue weighted by atomic mass is 10.00. The molecule has 4 heteroatoms. The van der Waals surface area contributed by atoms with Gasteiger partial charge in [-0.15, -0.1) is 11.3 Å². The van der Waals surface area contributed by atoms with Gasteiger partial charge in [-0.05, 0) is 43.7 Å². The van der Waals surface area contributed by atoms with Gasteiger partial charge in [-0.3, -0.25) is 4.79 Å². The Morgan fingerprint density at radius 2 is 2.13 bits per heavy atom. The highest BCUT2D eigenvalue weighted by molar-refractivity contribution is 7.14. The quantitative estimate of drug-likeness (QED) is 0.784. The highest BCUT2D eigenvalue weighted by Gasteiger charge is 2.27. The number of hydrogen-bond donors (Lipinski definition) is 0. The largest absolute Gasteiger partial charge is 0.335 e. The molecule has 1 saturated heterocycles. The summed E-state index contributed by atoms with van der Waals surface area (Å²) < 4.78 is 0. The fraction of sp³-hybridized carbons (Fsp3) is 0.368. The van der Waals surface area contributed by atoms with Crippen LogP contribution in [0.4, 0.5) is 0 Å². The molecule has 1 fully saturated rings. The Morgan fingerprint density at radius 1 is 1.30 bits per heavy atom. The summed E-state index contributed by atoms with van der Waals surface area (Å²) in [5.74, 6) is 6.25. The lowest BCUT2D eigenvalue weighted by molar-refractivity contribution is 0.0613. The second kappa shape index (κ2) is 7.43. The normalized spacial score (nSPS) is 17.4. The summed E-state index contributed by atoms with van der Waals surface area (Å²) in [6, 6.07) is 10.2. The number of piperidine rings is 1. The van der Waals surface area contributed by atoms with Crippen molar-refractivity contribution in [3.8, 4) is 11.8 Å². The van der Waals surface area contributed by atoms with Gasteiger partial charge in [0.25, 0.3) is 5.91 Å². The van der Waals surface area contributed by atoms with Crippen molar-refractivity contribution >= 4 is 17.2 Å². The van der Waals surface area contributed by atoms with Gasteiger partial charge in [0.1, 0.15) is 4.88 Å². The predicted octanol–water partition coefficient (Wildman–Crippen LogP) is 3.95. The topological polar surface area (TPSA) is 33.2 Å². The van der Waals surface area contributed by atoms with Crippen LogP contribution in [0.5, 0.6) is 0 Å². The Hall–Kier alpha value is -2.12. The SMILES string of the molecule is CCC1CCCCN1C(=O)c1cnc(C#Cc2ccccc2)s1. The molecule has 1 unspecified atom stereocenters. The number of hydrogen-bond acceptors (Lipinski definition) is 3. The highest BCUT2D eigenvalue weighted by Crippen LogP contribution is 2.23. The first-order chi connectivity index (χ1) is 11.3. The van der Waals surface area contributed by atoms with Gasteiger partial charge in [0, 0.05) is 18.2 Å². The first-order valence-electron chi connectivity index (χ1n) is 8.12. The van der Waals surface area contributed by atoms with Crippen LogP contribution in [0.25, 0.3) is 0 Å². The minimum atomic E-state index is 0.113. The van der Waals surface area contributed by atoms with E-state index < -0.39 is 0 Å². The average molecular weight is 324 g/mol. The number of amides is 1. The molecule has 1 aromatic heterocycles. The Bertz CT molecular complexity index is 727. The molecule has 0 saturated carbocycles. The standard InChI is InChI=1S/C19H20N2OS/c1-2-16-10-6-7-13-21(16)19(22)17-14-20-18(23-17)12-11-15-8-4-3-5-9-15/h3-5,8-9,14,16H,2,6-7,10,13H2,1H3. The second-order valence-electron chi connectivity index (χ2n) is 5.70. The van der Waals surface area contributed by atoms with Crippen LogP contribution >= 0.6 is 11.3 Å². The van der Waals surface area contributed by atoms with Gasteiger partial charge in [0.15, 0.2) is 5.01 Å². The lowest BCUT2D eigenvalue weighted by Crippen LogP contribution is -2.43. The molecule has 3 nitrogen and oxygen atoms in total. The van der Waals surface area contributed by atoms with Crippen molar-refractivity contribution in [1.29, 1.82) is 0 Å². The van der Waals surface area contributed by atoms with Crippen molar-refractivity contribution in [2.45, 2.75) is 38.6 Å². The second-order valence-corrected chi connectivity index (χ2v) is 6.73. The fourth-order valence-electron chi connectivity index (χ4n) is 2.91. The minimum absolute atomic E-state index is 0.113. The van der Waals surface area contributed by atoms with E-state index in [0.717, 1.165) is 31.4 Å². The van der Waals surface area contributed by atoms with E-state index in [1.54, 1.807) is 6.20 Å². The molecule has 0 bridgehead atoms. The molecule has 1 aliphatic rings. The number of rotatable bonds is 2. The first kappa shape index (κ1) is 15.8. The third-order valence-electron chi connectivity index (χ3n) is 4.16. The molecule has 0 radical (unpaired) electrons. The van der Waals surface area contributed by atoms with Crippen molar-refractivity contribution in [3.63, 3.8) is 0 Å². The summed E-state index contributed by atoms with van der Waals surface area (Å²) >= 11 is 1.39. The lowest BCUT2D eigenvalue weighted by Gasteiger charge is -2.34. The molecule has 0 spiro atoms. The highest BCUT2D eigenvalue weighted by atomic mass is 32.1. The van der Waals surface area contributed by atoms with Crippen molar-refractivity contribution < 1.29 is 4.79 Å². The van der Waals surface area contributed by atoms with E-state index in [9.17, 15) is 4.79 Å². The van der Waals surface area contributed by atoms with Gasteiger partial charge in [0.2, 0.25) is 0 Å². The molecule has 0 aliphatic carbocycles. The Labute approximate surface area is 141 Å². The summed E-state index contributed by atoms with van der Waals surface area (Å²) in [7, 11) is 0. The van der Waals surface area contributed by atoms with E-state index in [4.69, 9.17) is 0 Å². The van der Waals surface area contributed by atoms with Crippen LogP contribution in [0.2, 0.25) is 0 Å². The summed E-state index contributed by atoms with van der Waals surface area (Å²) in [6.45, 7) is 3.01. The van der Waals surface area contributed by atoms with Crippen LogP contribution in [0.15, 0.2) is 36.5 Å². The summed E-state index contributed by atoms with van der Waals surface area (Å²) in [6.07, 6.45) is 6.12. The van der Waals surface area contributed by atoms with E-state index in [-0.39, 0.29) is 5.91 Å². The molecule has 23 heavy (non-hydrogen) atoms. The number of carbonyl (C=O) groups excluding carboxylic acids is 1. The Morgan fingerprint density at radius 3 is 2.91 bits per heavy atom. The van der Waals surface area contributed by atoms with Crippen molar-refractivity contribution in [2.75, 3.05) is 6.54 Å². The van der Waals surface area contributed by atoms with E-state index in [1.165, 1.54) is 17.8 Å². The average Bonchev–Trinajstić information content (AvgIpc) is 3.09. The maximum absolute atomic E-state index is 12.7. The summed E-state index contributed by atoms with van der Waals surface area (Å²) in [5.41, 5.74) is 0.956. The predicted molar refractivity (Wildman–Crippen MR) is 93.5 cm³/mol. The van der Waals surface area contributed by atoms with Crippen molar-refractivity contribution in [3.05, 3.63) is 52.0 Å². The molecular weight excluding hydrogens is 304 g/mol. The number of benzene rings is 1. The molecular formula is C19H20N2OS. The zero-order valence-corrected chi connectivity index (χ0v) is 14.1. The third-order valence-corrected chi connectivity index (χ3v) is 5.06. The number of aromatic nitrogens is 1. The first-order valence-corrected chi connectivity index (χ1v) is 8.93. The number of thiazole rings is 1. The molecule has 1 atom stereocenters. The smallest absolute Gasteiger partial charge is 0.265 e. The molecule has 118 valence electrons. The number of nitrogens with zero attached hydrogens (tertiary/aromatic N) is 2. The van der Waals surface area contributed by atoms with Crippen LogP contribution in [-0.2, 0) is 0 Å². The molecule has 1 aromatic carbocycles. The molecule has 1 amide bonds.